The second-order valence-corrected chi connectivity index (χ2v) is 10.4. The number of anilines is 1. The molecule has 1 heterocycles. The molecular formula is C24H24F3N3O3S. The highest BCUT2D eigenvalue weighted by molar-refractivity contribution is 7.89. The average Bonchev–Trinajstić information content (AvgIpc) is 2.77. The zero-order chi connectivity index (χ0) is 25.1. The Morgan fingerprint density at radius 1 is 0.941 bits per heavy atom. The summed E-state index contributed by atoms with van der Waals surface area (Å²) in [7, 11) is -3.75. The van der Waals surface area contributed by atoms with E-state index in [1.807, 2.05) is 20.8 Å². The Morgan fingerprint density at radius 3 is 2.12 bits per heavy atom. The van der Waals surface area contributed by atoms with Crippen LogP contribution in [0.25, 0.3) is 0 Å². The summed E-state index contributed by atoms with van der Waals surface area (Å²) in [5.74, 6) is -0.746. The summed E-state index contributed by atoms with van der Waals surface area (Å²) < 4.78 is 67.0. The van der Waals surface area contributed by atoms with Crippen molar-refractivity contribution >= 4 is 21.6 Å². The fraction of sp³-hybridized carbons (Fsp3) is 0.250. The van der Waals surface area contributed by atoms with Gasteiger partial charge in [0.1, 0.15) is 0 Å². The van der Waals surface area contributed by atoms with Crippen LogP contribution in [0.5, 0.6) is 0 Å². The Kier molecular flexibility index (Phi) is 7.13. The first-order valence-corrected chi connectivity index (χ1v) is 11.8. The van der Waals surface area contributed by atoms with Crippen molar-refractivity contribution < 1.29 is 26.4 Å². The van der Waals surface area contributed by atoms with Crippen molar-refractivity contribution in [3.05, 3.63) is 89.2 Å². The van der Waals surface area contributed by atoms with Crippen molar-refractivity contribution in [2.75, 3.05) is 5.32 Å². The van der Waals surface area contributed by atoms with Crippen LogP contribution < -0.4 is 10.0 Å². The van der Waals surface area contributed by atoms with Gasteiger partial charge in [-0.25, -0.2) is 13.1 Å². The van der Waals surface area contributed by atoms with Gasteiger partial charge in [-0.1, -0.05) is 45.0 Å². The molecule has 3 rings (SSSR count). The fourth-order valence-electron chi connectivity index (χ4n) is 3.11. The molecule has 3 aromatic rings. The van der Waals surface area contributed by atoms with Gasteiger partial charge in [-0.2, -0.15) is 13.2 Å². The minimum atomic E-state index is -4.64. The molecule has 0 unspecified atom stereocenters. The van der Waals surface area contributed by atoms with E-state index >= 15 is 0 Å². The monoisotopic (exact) mass is 491 g/mol. The minimum Gasteiger partial charge on any atom is -0.320 e. The molecule has 0 aliphatic heterocycles. The Balaban J connectivity index is 1.66. The normalized spacial score (nSPS) is 12.4. The van der Waals surface area contributed by atoms with E-state index in [9.17, 15) is 26.4 Å². The van der Waals surface area contributed by atoms with Crippen molar-refractivity contribution in [3.63, 3.8) is 0 Å². The van der Waals surface area contributed by atoms with Crippen LogP contribution >= 0.6 is 0 Å². The number of alkyl halides is 3. The Hall–Kier alpha value is -3.24. The van der Waals surface area contributed by atoms with Crippen molar-refractivity contribution in [1.29, 1.82) is 0 Å². The van der Waals surface area contributed by atoms with E-state index in [1.165, 1.54) is 24.3 Å². The first-order valence-electron chi connectivity index (χ1n) is 10.3. The molecule has 1 aromatic heterocycles. The lowest BCUT2D eigenvalue weighted by Crippen LogP contribution is -2.23. The summed E-state index contributed by atoms with van der Waals surface area (Å²) in [6.45, 7) is 6.08. The van der Waals surface area contributed by atoms with Crippen LogP contribution in [-0.2, 0) is 28.2 Å². The Bertz CT molecular complexity index is 1270. The lowest BCUT2D eigenvalue weighted by molar-refractivity contribution is -0.137. The van der Waals surface area contributed by atoms with Crippen molar-refractivity contribution in [1.82, 2.24) is 9.71 Å². The molecular weight excluding hydrogens is 467 g/mol. The predicted molar refractivity (Wildman–Crippen MR) is 123 cm³/mol. The molecule has 2 N–H and O–H groups in total. The molecule has 10 heteroatoms. The zero-order valence-electron chi connectivity index (χ0n) is 18.8. The number of aromatic nitrogens is 1. The summed E-state index contributed by atoms with van der Waals surface area (Å²) in [4.78, 5) is 16.1. The van der Waals surface area contributed by atoms with Crippen LogP contribution in [-0.4, -0.2) is 19.3 Å². The van der Waals surface area contributed by atoms with Gasteiger partial charge in [0.25, 0.3) is 5.91 Å². The molecule has 0 aliphatic carbocycles. The highest BCUT2D eigenvalue weighted by atomic mass is 32.2. The zero-order valence-corrected chi connectivity index (χ0v) is 19.6. The number of nitrogens with one attached hydrogen (secondary N) is 2. The topological polar surface area (TPSA) is 88.2 Å². The van der Waals surface area contributed by atoms with Gasteiger partial charge < -0.3 is 5.32 Å². The van der Waals surface area contributed by atoms with Crippen LogP contribution in [0.1, 0.15) is 47.8 Å². The van der Waals surface area contributed by atoms with Crippen molar-refractivity contribution in [3.8, 4) is 0 Å². The van der Waals surface area contributed by atoms with E-state index in [0.29, 0.717) is 5.56 Å². The third-order valence-corrected chi connectivity index (χ3v) is 6.50. The number of rotatable bonds is 6. The van der Waals surface area contributed by atoms with Gasteiger partial charge in [-0.05, 0) is 46.9 Å². The standard InChI is InChI=1S/C24H24F3N3O3S/c1-23(2,3)18-8-10-19(11-9-18)34(32,33)29-14-16-4-6-17(7-5-16)22(31)30-21-15-28-13-12-20(21)24(25,26)27/h4-13,15,29H,14H2,1-3H3,(H,30,31). The SMILES string of the molecule is CC(C)(C)c1ccc(S(=O)(=O)NCc2ccc(C(=O)Nc3cnccc3C(F)(F)F)cc2)cc1. The van der Waals surface area contributed by atoms with E-state index in [0.717, 1.165) is 24.0 Å². The summed E-state index contributed by atoms with van der Waals surface area (Å²) >= 11 is 0. The molecule has 0 fully saturated rings. The maximum Gasteiger partial charge on any atom is 0.418 e. The second-order valence-electron chi connectivity index (χ2n) is 8.67. The summed E-state index contributed by atoms with van der Waals surface area (Å²) in [5, 5.41) is 2.21. The van der Waals surface area contributed by atoms with E-state index in [-0.39, 0.29) is 22.4 Å². The average molecular weight is 492 g/mol. The number of benzene rings is 2. The van der Waals surface area contributed by atoms with Crippen LogP contribution in [0.2, 0.25) is 0 Å². The third-order valence-electron chi connectivity index (χ3n) is 5.09. The highest BCUT2D eigenvalue weighted by Gasteiger charge is 2.34. The largest absolute Gasteiger partial charge is 0.418 e. The van der Waals surface area contributed by atoms with Gasteiger partial charge in [0.15, 0.2) is 0 Å². The first-order chi connectivity index (χ1) is 15.8. The number of hydrogen-bond donors (Lipinski definition) is 2. The van der Waals surface area contributed by atoms with Gasteiger partial charge in [-0.15, -0.1) is 0 Å². The van der Waals surface area contributed by atoms with Crippen LogP contribution in [0.15, 0.2) is 71.9 Å². The molecule has 1 amide bonds. The summed E-state index contributed by atoms with van der Waals surface area (Å²) in [5.41, 5.74) is 0.139. The molecule has 2 aromatic carbocycles. The Morgan fingerprint density at radius 2 is 1.56 bits per heavy atom. The molecule has 0 saturated heterocycles. The highest BCUT2D eigenvalue weighted by Crippen LogP contribution is 2.34. The maximum absolute atomic E-state index is 13.1. The van der Waals surface area contributed by atoms with Gasteiger partial charge in [-0.3, -0.25) is 9.78 Å². The van der Waals surface area contributed by atoms with Gasteiger partial charge in [0.2, 0.25) is 10.0 Å². The number of sulfonamides is 1. The van der Waals surface area contributed by atoms with E-state index < -0.39 is 33.4 Å². The molecule has 0 aliphatic rings. The van der Waals surface area contributed by atoms with E-state index in [2.05, 4.69) is 15.0 Å². The van der Waals surface area contributed by atoms with Gasteiger partial charge in [0.05, 0.1) is 22.3 Å². The molecule has 0 bridgehead atoms. The lowest BCUT2D eigenvalue weighted by atomic mass is 9.87. The number of pyridine rings is 1. The quantitative estimate of drug-likeness (QED) is 0.501. The first kappa shape index (κ1) is 25.4. The number of hydrogen-bond acceptors (Lipinski definition) is 4. The number of carbonyl (C=O) groups is 1. The fourth-order valence-corrected chi connectivity index (χ4v) is 4.12. The van der Waals surface area contributed by atoms with Crippen molar-refractivity contribution in [2.24, 2.45) is 0 Å². The molecule has 0 radical (unpaired) electrons. The summed E-state index contributed by atoms with van der Waals surface area (Å²) in [6.07, 6.45) is -2.72. The smallest absolute Gasteiger partial charge is 0.320 e. The van der Waals surface area contributed by atoms with Crippen LogP contribution in [0.4, 0.5) is 18.9 Å². The number of carbonyl (C=O) groups excluding carboxylic acids is 1. The maximum atomic E-state index is 13.1. The number of amides is 1. The van der Waals surface area contributed by atoms with Crippen LogP contribution in [0.3, 0.4) is 0 Å². The minimum absolute atomic E-state index is 0.0217. The second kappa shape index (κ2) is 9.55. The number of halogens is 3. The molecule has 0 atom stereocenters. The lowest BCUT2D eigenvalue weighted by Gasteiger charge is -2.19. The molecule has 0 saturated carbocycles. The predicted octanol–water partition coefficient (Wildman–Crippen LogP) is 5.13. The van der Waals surface area contributed by atoms with E-state index in [1.54, 1.807) is 24.3 Å². The molecule has 0 spiro atoms. The summed E-state index contributed by atoms with van der Waals surface area (Å²) in [6, 6.07) is 13.3. The number of nitrogens with zero attached hydrogens (tertiary/aromatic N) is 1. The van der Waals surface area contributed by atoms with Gasteiger partial charge in [0, 0.05) is 18.3 Å². The van der Waals surface area contributed by atoms with Crippen molar-refractivity contribution in [2.45, 2.75) is 43.8 Å². The Labute approximate surface area is 196 Å². The molecule has 34 heavy (non-hydrogen) atoms. The van der Waals surface area contributed by atoms with Gasteiger partial charge >= 0.3 is 6.18 Å². The third kappa shape index (κ3) is 6.21. The van der Waals surface area contributed by atoms with Crippen LogP contribution in [0, 0.1) is 0 Å². The molecule has 6 nitrogen and oxygen atoms in total. The van der Waals surface area contributed by atoms with E-state index in [4.69, 9.17) is 0 Å². The molecule has 180 valence electrons.